The van der Waals surface area contributed by atoms with Crippen LogP contribution in [-0.4, -0.2) is 12.9 Å². The summed E-state index contributed by atoms with van der Waals surface area (Å²) >= 11 is 0. The van der Waals surface area contributed by atoms with Crippen molar-refractivity contribution in [1.29, 1.82) is 0 Å². The number of carbonyl (C=O) groups is 1. The highest BCUT2D eigenvalue weighted by Crippen LogP contribution is 2.27. The van der Waals surface area contributed by atoms with Crippen LogP contribution in [0.3, 0.4) is 0 Å². The molecule has 0 aliphatic carbocycles. The largest absolute Gasteiger partial charge is 0.497 e. The minimum atomic E-state index is -0.0119. The van der Waals surface area contributed by atoms with Crippen LogP contribution in [0.25, 0.3) is 0 Å². The molecule has 2 aromatic carbocycles. The van der Waals surface area contributed by atoms with Gasteiger partial charge in [0.05, 0.1) is 13.4 Å². The molecule has 0 atom stereocenters. The molecule has 0 saturated carbocycles. The Balaban J connectivity index is 1.83. The molecule has 0 unspecified atom stereocenters. The van der Waals surface area contributed by atoms with E-state index in [-0.39, 0.29) is 5.78 Å². The lowest BCUT2D eigenvalue weighted by Gasteiger charge is -2.16. The van der Waals surface area contributed by atoms with Crippen molar-refractivity contribution in [2.75, 3.05) is 7.11 Å². The summed E-state index contributed by atoms with van der Waals surface area (Å²) in [6.07, 6.45) is 2.15. The van der Waals surface area contributed by atoms with Crippen LogP contribution in [0.2, 0.25) is 0 Å². The molecule has 2 aromatic rings. The topological polar surface area (TPSA) is 35.5 Å². The maximum absolute atomic E-state index is 12.4. The van der Waals surface area contributed by atoms with Gasteiger partial charge in [-0.3, -0.25) is 4.79 Å². The third kappa shape index (κ3) is 2.30. The number of methoxy groups -OCH3 is 1. The van der Waals surface area contributed by atoms with Crippen LogP contribution >= 0.6 is 0 Å². The van der Waals surface area contributed by atoms with Crippen LogP contribution in [0.5, 0.6) is 11.5 Å². The highest BCUT2D eigenvalue weighted by Gasteiger charge is 2.19. The van der Waals surface area contributed by atoms with E-state index in [4.69, 9.17) is 9.47 Å². The zero-order chi connectivity index (χ0) is 13.9. The van der Waals surface area contributed by atoms with Gasteiger partial charge in [0, 0.05) is 17.6 Å². The van der Waals surface area contributed by atoms with Crippen molar-refractivity contribution in [2.45, 2.75) is 6.42 Å². The van der Waals surface area contributed by atoms with E-state index < -0.39 is 0 Å². The van der Waals surface area contributed by atoms with Gasteiger partial charge in [-0.15, -0.1) is 0 Å². The molecule has 3 heteroatoms. The Labute approximate surface area is 117 Å². The zero-order valence-corrected chi connectivity index (χ0v) is 11.1. The molecule has 0 fully saturated rings. The Hall–Kier alpha value is -2.55. The average Bonchev–Trinajstić information content (AvgIpc) is 2.54. The summed E-state index contributed by atoms with van der Waals surface area (Å²) in [7, 11) is 1.60. The van der Waals surface area contributed by atoms with Gasteiger partial charge < -0.3 is 9.47 Å². The zero-order valence-electron chi connectivity index (χ0n) is 11.1. The number of benzene rings is 2. The first-order valence-corrected chi connectivity index (χ1v) is 6.40. The molecule has 0 aromatic heterocycles. The van der Waals surface area contributed by atoms with Crippen LogP contribution < -0.4 is 9.47 Å². The van der Waals surface area contributed by atoms with Gasteiger partial charge >= 0.3 is 0 Å². The molecule has 0 amide bonds. The highest BCUT2D eigenvalue weighted by atomic mass is 16.5. The van der Waals surface area contributed by atoms with Crippen molar-refractivity contribution in [3.05, 3.63) is 71.5 Å². The number of hydrogen-bond acceptors (Lipinski definition) is 3. The number of carbonyl (C=O) groups excluding carboxylic acids is 1. The van der Waals surface area contributed by atoms with E-state index in [1.807, 2.05) is 24.3 Å². The second kappa shape index (κ2) is 5.21. The second-order valence-electron chi connectivity index (χ2n) is 4.60. The summed E-state index contributed by atoms with van der Waals surface area (Å²) in [5, 5.41) is 0. The molecule has 3 nitrogen and oxygen atoms in total. The van der Waals surface area contributed by atoms with Gasteiger partial charge in [-0.25, -0.2) is 0 Å². The fourth-order valence-electron chi connectivity index (χ4n) is 2.21. The van der Waals surface area contributed by atoms with Gasteiger partial charge in [-0.05, 0) is 35.9 Å². The molecule has 0 saturated heterocycles. The van der Waals surface area contributed by atoms with E-state index in [1.165, 1.54) is 0 Å². The van der Waals surface area contributed by atoms with E-state index in [0.717, 1.165) is 17.1 Å². The van der Waals surface area contributed by atoms with Crippen molar-refractivity contribution in [1.82, 2.24) is 0 Å². The Bertz CT molecular complexity index is 669. The highest BCUT2D eigenvalue weighted by molar-refractivity contribution is 6.09. The molecule has 0 radical (unpaired) electrons. The molecule has 3 rings (SSSR count). The van der Waals surface area contributed by atoms with E-state index in [0.29, 0.717) is 17.6 Å². The number of para-hydroxylation sites is 1. The molecule has 0 N–H and O–H groups in total. The van der Waals surface area contributed by atoms with Gasteiger partial charge in [-0.2, -0.15) is 0 Å². The van der Waals surface area contributed by atoms with Crippen molar-refractivity contribution < 1.29 is 14.3 Å². The Morgan fingerprint density at radius 2 is 1.85 bits per heavy atom. The Kier molecular flexibility index (Phi) is 3.25. The lowest BCUT2D eigenvalue weighted by molar-refractivity contribution is 0.102. The van der Waals surface area contributed by atoms with Crippen molar-refractivity contribution in [3.8, 4) is 11.5 Å². The predicted octanol–water partition coefficient (Wildman–Crippen LogP) is 3.40. The number of allylic oxidation sites excluding steroid dienone is 1. The lowest BCUT2D eigenvalue weighted by Crippen LogP contribution is -2.11. The molecule has 20 heavy (non-hydrogen) atoms. The number of fused-ring (bicyclic) bond motifs is 1. The Morgan fingerprint density at radius 1 is 1.10 bits per heavy atom. The first-order valence-electron chi connectivity index (χ1n) is 6.40. The number of Topliss-reactive ketones (excluding diaryl/α,β-unsaturated/α-hetero) is 1. The second-order valence-corrected chi connectivity index (χ2v) is 4.60. The number of ether oxygens (including phenoxy) is 2. The minimum Gasteiger partial charge on any atom is -0.497 e. The maximum atomic E-state index is 12.4. The van der Waals surface area contributed by atoms with Gasteiger partial charge in [0.2, 0.25) is 0 Å². The quantitative estimate of drug-likeness (QED) is 0.799. The number of ketones is 1. The lowest BCUT2D eigenvalue weighted by atomic mass is 9.96. The molecule has 1 aliphatic rings. The maximum Gasteiger partial charge on any atom is 0.192 e. The minimum absolute atomic E-state index is 0.0119. The van der Waals surface area contributed by atoms with Crippen LogP contribution in [0, 0.1) is 0 Å². The third-order valence-electron chi connectivity index (χ3n) is 3.33. The standard InChI is InChI=1S/C17H14O3/c1-19-15-8-6-12(7-9-15)17(18)14-10-13-4-2-3-5-16(13)20-11-14/h2-9,11H,10H2,1H3. The third-order valence-corrected chi connectivity index (χ3v) is 3.33. The summed E-state index contributed by atoms with van der Waals surface area (Å²) in [6.45, 7) is 0. The van der Waals surface area contributed by atoms with E-state index in [2.05, 4.69) is 0 Å². The van der Waals surface area contributed by atoms with Crippen LogP contribution in [0.15, 0.2) is 60.4 Å². The molecule has 1 heterocycles. The molecule has 0 bridgehead atoms. The van der Waals surface area contributed by atoms with Crippen LogP contribution in [-0.2, 0) is 6.42 Å². The Morgan fingerprint density at radius 3 is 2.60 bits per heavy atom. The van der Waals surface area contributed by atoms with Gasteiger partial charge in [0.25, 0.3) is 0 Å². The van der Waals surface area contributed by atoms with Crippen molar-refractivity contribution in [3.63, 3.8) is 0 Å². The van der Waals surface area contributed by atoms with Crippen LogP contribution in [0.1, 0.15) is 15.9 Å². The molecular weight excluding hydrogens is 252 g/mol. The summed E-state index contributed by atoms with van der Waals surface area (Å²) in [5.74, 6) is 1.54. The van der Waals surface area contributed by atoms with Crippen molar-refractivity contribution in [2.24, 2.45) is 0 Å². The molecule has 1 aliphatic heterocycles. The smallest absolute Gasteiger partial charge is 0.192 e. The fourth-order valence-corrected chi connectivity index (χ4v) is 2.21. The van der Waals surface area contributed by atoms with E-state index in [1.54, 1.807) is 37.6 Å². The van der Waals surface area contributed by atoms with Gasteiger partial charge in [-0.1, -0.05) is 18.2 Å². The van der Waals surface area contributed by atoms with Crippen LogP contribution in [0.4, 0.5) is 0 Å². The predicted molar refractivity (Wildman–Crippen MR) is 76.2 cm³/mol. The van der Waals surface area contributed by atoms with E-state index >= 15 is 0 Å². The number of hydrogen-bond donors (Lipinski definition) is 0. The first-order chi connectivity index (χ1) is 9.78. The summed E-state index contributed by atoms with van der Waals surface area (Å²) in [6, 6.07) is 14.8. The molecule has 0 spiro atoms. The summed E-state index contributed by atoms with van der Waals surface area (Å²) in [4.78, 5) is 12.4. The average molecular weight is 266 g/mol. The van der Waals surface area contributed by atoms with Crippen molar-refractivity contribution >= 4 is 5.78 Å². The SMILES string of the molecule is COc1ccc(C(=O)C2=COc3ccccc3C2)cc1. The molecular formula is C17H14O3. The fraction of sp³-hybridized carbons (Fsp3) is 0.118. The van der Waals surface area contributed by atoms with Gasteiger partial charge in [0.1, 0.15) is 11.5 Å². The van der Waals surface area contributed by atoms with E-state index in [9.17, 15) is 4.79 Å². The first kappa shape index (κ1) is 12.5. The summed E-state index contributed by atoms with van der Waals surface area (Å²) < 4.78 is 10.6. The monoisotopic (exact) mass is 266 g/mol. The normalized spacial score (nSPS) is 12.9. The van der Waals surface area contributed by atoms with Gasteiger partial charge in [0.15, 0.2) is 5.78 Å². The molecule has 100 valence electrons. The summed E-state index contributed by atoms with van der Waals surface area (Å²) in [5.41, 5.74) is 2.33. The number of rotatable bonds is 3.